The molecule has 0 aliphatic rings. The minimum atomic E-state index is -4.63. The quantitative estimate of drug-likeness (QED) is 0.585. The summed E-state index contributed by atoms with van der Waals surface area (Å²) in [6, 6.07) is 2.19. The number of hydrogen-bond donors (Lipinski definition) is 0. The molecule has 21 heavy (non-hydrogen) atoms. The molecule has 1 aromatic carbocycles. The first kappa shape index (κ1) is 15.7. The van der Waals surface area contributed by atoms with Crippen LogP contribution in [0, 0.1) is 12.7 Å². The highest BCUT2D eigenvalue weighted by Gasteiger charge is 2.34. The molecule has 1 heterocycles. The number of halogens is 5. The van der Waals surface area contributed by atoms with Gasteiger partial charge in [-0.25, -0.2) is 14.4 Å². The largest absolute Gasteiger partial charge is 0.417 e. The summed E-state index contributed by atoms with van der Waals surface area (Å²) in [6.07, 6.45) is -4.07. The average Bonchev–Trinajstić information content (AvgIpc) is 2.36. The molecule has 0 saturated heterocycles. The van der Waals surface area contributed by atoms with Crippen molar-refractivity contribution in [2.24, 2.45) is 0 Å². The number of aromatic nitrogens is 2. The lowest BCUT2D eigenvalue weighted by atomic mass is 10.1. The summed E-state index contributed by atoms with van der Waals surface area (Å²) >= 11 is 5.96. The Morgan fingerprint density at radius 2 is 1.86 bits per heavy atom. The van der Waals surface area contributed by atoms with Gasteiger partial charge in [0.1, 0.15) is 11.0 Å². The molecular formula is C14H11ClF4N2. The molecule has 2 nitrogen and oxygen atoms in total. The van der Waals surface area contributed by atoms with Gasteiger partial charge in [0.05, 0.1) is 5.56 Å². The molecule has 0 N–H and O–H groups in total. The Morgan fingerprint density at radius 3 is 2.38 bits per heavy atom. The van der Waals surface area contributed by atoms with Crippen LogP contribution in [0.4, 0.5) is 17.6 Å². The molecule has 0 aliphatic carbocycles. The molecule has 2 rings (SSSR count). The van der Waals surface area contributed by atoms with E-state index in [1.165, 1.54) is 0 Å². The van der Waals surface area contributed by atoms with Crippen LogP contribution < -0.4 is 0 Å². The predicted octanol–water partition coefficient (Wildman–Crippen LogP) is 4.83. The van der Waals surface area contributed by atoms with Crippen molar-refractivity contribution in [3.8, 4) is 11.4 Å². The Kier molecular flexibility index (Phi) is 4.18. The zero-order valence-electron chi connectivity index (χ0n) is 11.2. The van der Waals surface area contributed by atoms with Crippen LogP contribution in [-0.2, 0) is 12.6 Å². The second kappa shape index (κ2) is 5.60. The van der Waals surface area contributed by atoms with E-state index in [1.807, 2.05) is 6.92 Å². The summed E-state index contributed by atoms with van der Waals surface area (Å²) < 4.78 is 52.3. The zero-order valence-corrected chi connectivity index (χ0v) is 12.0. The topological polar surface area (TPSA) is 25.8 Å². The minimum absolute atomic E-state index is 0.0809. The molecule has 0 bridgehead atoms. The average molecular weight is 319 g/mol. The minimum Gasteiger partial charge on any atom is -0.233 e. The monoisotopic (exact) mass is 318 g/mol. The van der Waals surface area contributed by atoms with Crippen molar-refractivity contribution in [3.05, 3.63) is 46.0 Å². The van der Waals surface area contributed by atoms with Gasteiger partial charge in [-0.05, 0) is 31.5 Å². The van der Waals surface area contributed by atoms with Crippen molar-refractivity contribution in [1.29, 1.82) is 0 Å². The normalized spacial score (nSPS) is 11.8. The van der Waals surface area contributed by atoms with Crippen LogP contribution >= 0.6 is 11.6 Å². The lowest BCUT2D eigenvalue weighted by Crippen LogP contribution is -2.09. The molecular weight excluding hydrogens is 308 g/mol. The third kappa shape index (κ3) is 3.15. The Bertz CT molecular complexity index is 660. The number of hydrogen-bond acceptors (Lipinski definition) is 2. The molecule has 112 valence electrons. The lowest BCUT2D eigenvalue weighted by Gasteiger charge is -2.13. The van der Waals surface area contributed by atoms with Gasteiger partial charge in [0.2, 0.25) is 0 Å². The van der Waals surface area contributed by atoms with Gasteiger partial charge in [0, 0.05) is 16.8 Å². The van der Waals surface area contributed by atoms with Gasteiger partial charge in [0.15, 0.2) is 5.82 Å². The first-order valence-corrected chi connectivity index (χ1v) is 6.52. The summed E-state index contributed by atoms with van der Waals surface area (Å²) in [5.41, 5.74) is -0.283. The van der Waals surface area contributed by atoms with Gasteiger partial charge >= 0.3 is 6.18 Å². The molecule has 1 aromatic heterocycles. The lowest BCUT2D eigenvalue weighted by molar-refractivity contribution is -0.137. The van der Waals surface area contributed by atoms with E-state index < -0.39 is 23.1 Å². The molecule has 0 atom stereocenters. The standard InChI is InChI=1S/C14H11ClF4N2/c1-3-9-7(2)20-13(21-12(9)15)10-6-8(16)4-5-11(10)14(17,18)19/h4-6H,3H2,1-2H3. The number of nitrogens with zero attached hydrogens (tertiary/aromatic N) is 2. The number of alkyl halides is 3. The van der Waals surface area contributed by atoms with Crippen LogP contribution in [0.15, 0.2) is 18.2 Å². The molecule has 0 aliphatic heterocycles. The smallest absolute Gasteiger partial charge is 0.233 e. The zero-order chi connectivity index (χ0) is 15.8. The number of aryl methyl sites for hydroxylation is 1. The van der Waals surface area contributed by atoms with Crippen LogP contribution in [0.5, 0.6) is 0 Å². The van der Waals surface area contributed by atoms with Crippen molar-refractivity contribution in [3.63, 3.8) is 0 Å². The van der Waals surface area contributed by atoms with Crippen molar-refractivity contribution in [1.82, 2.24) is 9.97 Å². The highest BCUT2D eigenvalue weighted by Crippen LogP contribution is 2.37. The highest BCUT2D eigenvalue weighted by molar-refractivity contribution is 6.30. The third-order valence-electron chi connectivity index (χ3n) is 3.04. The molecule has 0 unspecified atom stereocenters. The van der Waals surface area contributed by atoms with E-state index in [4.69, 9.17) is 11.6 Å². The van der Waals surface area contributed by atoms with Gasteiger partial charge in [-0.1, -0.05) is 18.5 Å². The van der Waals surface area contributed by atoms with E-state index >= 15 is 0 Å². The predicted molar refractivity (Wildman–Crippen MR) is 71.6 cm³/mol. The molecule has 2 aromatic rings. The Labute approximate surface area is 123 Å². The maximum atomic E-state index is 13.3. The van der Waals surface area contributed by atoms with Crippen molar-refractivity contribution >= 4 is 11.6 Å². The fourth-order valence-electron chi connectivity index (χ4n) is 2.03. The molecule has 0 saturated carbocycles. The maximum absolute atomic E-state index is 13.3. The van der Waals surface area contributed by atoms with Crippen LogP contribution in [0.25, 0.3) is 11.4 Å². The maximum Gasteiger partial charge on any atom is 0.417 e. The van der Waals surface area contributed by atoms with E-state index in [9.17, 15) is 17.6 Å². The summed E-state index contributed by atoms with van der Waals surface area (Å²) in [7, 11) is 0. The number of rotatable bonds is 2. The Balaban J connectivity index is 2.70. The summed E-state index contributed by atoms with van der Waals surface area (Å²) in [5.74, 6) is -1.03. The Hall–Kier alpha value is -1.69. The van der Waals surface area contributed by atoms with E-state index in [1.54, 1.807) is 6.92 Å². The first-order valence-electron chi connectivity index (χ1n) is 6.14. The second-order valence-corrected chi connectivity index (χ2v) is 4.80. The molecule has 0 spiro atoms. The summed E-state index contributed by atoms with van der Waals surface area (Å²) in [4.78, 5) is 7.91. The molecule has 0 radical (unpaired) electrons. The van der Waals surface area contributed by atoms with E-state index in [2.05, 4.69) is 9.97 Å². The second-order valence-electron chi connectivity index (χ2n) is 4.44. The number of benzene rings is 1. The Morgan fingerprint density at radius 1 is 1.19 bits per heavy atom. The van der Waals surface area contributed by atoms with Crippen molar-refractivity contribution in [2.45, 2.75) is 26.4 Å². The van der Waals surface area contributed by atoms with Crippen LogP contribution in [0.1, 0.15) is 23.7 Å². The van der Waals surface area contributed by atoms with Gasteiger partial charge in [-0.3, -0.25) is 0 Å². The van der Waals surface area contributed by atoms with Gasteiger partial charge < -0.3 is 0 Å². The van der Waals surface area contributed by atoms with E-state index in [-0.39, 0.29) is 11.0 Å². The van der Waals surface area contributed by atoms with E-state index in [0.29, 0.717) is 23.7 Å². The fraction of sp³-hybridized carbons (Fsp3) is 0.286. The van der Waals surface area contributed by atoms with E-state index in [0.717, 1.165) is 12.1 Å². The fourth-order valence-corrected chi connectivity index (χ4v) is 2.38. The summed E-state index contributed by atoms with van der Waals surface area (Å²) in [6.45, 7) is 3.46. The van der Waals surface area contributed by atoms with Gasteiger partial charge in [-0.2, -0.15) is 13.2 Å². The third-order valence-corrected chi connectivity index (χ3v) is 3.36. The highest BCUT2D eigenvalue weighted by atomic mass is 35.5. The van der Waals surface area contributed by atoms with Gasteiger partial charge in [-0.15, -0.1) is 0 Å². The molecule has 0 amide bonds. The van der Waals surface area contributed by atoms with Gasteiger partial charge in [0.25, 0.3) is 0 Å². The van der Waals surface area contributed by atoms with Crippen LogP contribution in [0.3, 0.4) is 0 Å². The van der Waals surface area contributed by atoms with Crippen molar-refractivity contribution < 1.29 is 17.6 Å². The van der Waals surface area contributed by atoms with Crippen LogP contribution in [-0.4, -0.2) is 9.97 Å². The molecule has 0 fully saturated rings. The SMILES string of the molecule is CCc1c(C)nc(-c2cc(F)ccc2C(F)(F)F)nc1Cl. The van der Waals surface area contributed by atoms with Crippen molar-refractivity contribution in [2.75, 3.05) is 0 Å². The summed E-state index contributed by atoms with van der Waals surface area (Å²) in [5, 5.41) is 0.0809. The van der Waals surface area contributed by atoms with Crippen LogP contribution in [0.2, 0.25) is 5.15 Å². The molecule has 7 heteroatoms. The first-order chi connectivity index (χ1) is 9.74.